The van der Waals surface area contributed by atoms with Crippen molar-refractivity contribution in [1.29, 1.82) is 0 Å². The largest absolute Gasteiger partial charge is 0.522 e. The van der Waals surface area contributed by atoms with E-state index < -0.39 is 12.5 Å². The van der Waals surface area contributed by atoms with Gasteiger partial charge in [-0.15, -0.1) is 18.3 Å². The van der Waals surface area contributed by atoms with E-state index in [1.807, 2.05) is 0 Å². The monoisotopic (exact) mass is 183 g/mol. The molecule has 0 radical (unpaired) electrons. The Balaban J connectivity index is 2.18. The fraction of sp³-hybridized carbons (Fsp3) is 0.833. The molecule has 1 rings (SSSR count). The average molecular weight is 183 g/mol. The lowest BCUT2D eigenvalue weighted by atomic mass is 9.83. The summed E-state index contributed by atoms with van der Waals surface area (Å²) in [6, 6.07) is 0. The summed E-state index contributed by atoms with van der Waals surface area (Å²) in [7, 11) is 0. The third-order valence-electron chi connectivity index (χ3n) is 1.71. The quantitative estimate of drug-likeness (QED) is 0.402. The van der Waals surface area contributed by atoms with E-state index in [9.17, 15) is 13.2 Å². The van der Waals surface area contributed by atoms with Crippen molar-refractivity contribution in [3.63, 3.8) is 0 Å². The normalized spacial score (nSPS) is 30.6. The van der Waals surface area contributed by atoms with Crippen molar-refractivity contribution < 1.29 is 23.1 Å². The Kier molecular flexibility index (Phi) is 2.56. The highest BCUT2D eigenvalue weighted by Crippen LogP contribution is 2.33. The second-order valence-corrected chi connectivity index (χ2v) is 2.68. The lowest BCUT2D eigenvalue weighted by Crippen LogP contribution is -2.36. The van der Waals surface area contributed by atoms with Crippen LogP contribution in [0.25, 0.3) is 0 Å². The Morgan fingerprint density at radius 2 is 2.00 bits per heavy atom. The first-order valence-corrected chi connectivity index (χ1v) is 3.43. The second kappa shape index (κ2) is 3.30. The summed E-state index contributed by atoms with van der Waals surface area (Å²) < 4.78 is 38.3. The van der Waals surface area contributed by atoms with E-state index in [0.29, 0.717) is 0 Å². The Labute approximate surface area is 66.8 Å². The summed E-state index contributed by atoms with van der Waals surface area (Å²) in [4.78, 5) is 0. The highest BCUT2D eigenvalue weighted by Gasteiger charge is 2.39. The molecule has 3 nitrogen and oxygen atoms in total. The van der Waals surface area contributed by atoms with Crippen LogP contribution in [0.1, 0.15) is 12.8 Å². The first-order valence-electron chi connectivity index (χ1n) is 3.43. The van der Waals surface area contributed by atoms with Crippen LogP contribution in [0.15, 0.2) is 5.16 Å². The summed E-state index contributed by atoms with van der Waals surface area (Å²) in [5, 5.41) is 10.8. The van der Waals surface area contributed by atoms with E-state index in [1.54, 1.807) is 0 Å². The number of hydrogen-bond acceptors (Lipinski definition) is 3. The summed E-state index contributed by atoms with van der Waals surface area (Å²) in [5.74, 6) is -0.0812. The van der Waals surface area contributed by atoms with Gasteiger partial charge >= 0.3 is 6.36 Å². The van der Waals surface area contributed by atoms with Gasteiger partial charge in [0.15, 0.2) is 0 Å². The first kappa shape index (κ1) is 9.31. The zero-order chi connectivity index (χ0) is 9.19. The van der Waals surface area contributed by atoms with Crippen LogP contribution in [0, 0.1) is 5.92 Å². The zero-order valence-electron chi connectivity index (χ0n) is 6.08. The molecule has 6 heteroatoms. The number of oxime groups is 1. The third-order valence-corrected chi connectivity index (χ3v) is 1.71. The molecule has 1 aliphatic rings. The Morgan fingerprint density at radius 3 is 2.42 bits per heavy atom. The molecule has 70 valence electrons. The van der Waals surface area contributed by atoms with Crippen LogP contribution in [-0.4, -0.2) is 23.9 Å². The number of halogens is 3. The lowest BCUT2D eigenvalue weighted by Gasteiger charge is -2.32. The Hall–Kier alpha value is -0.780. The maximum absolute atomic E-state index is 11.5. The third kappa shape index (κ3) is 2.69. The molecule has 0 bridgehead atoms. The van der Waals surface area contributed by atoms with Crippen molar-refractivity contribution in [2.75, 3.05) is 0 Å². The maximum Gasteiger partial charge on any atom is 0.522 e. The molecule has 0 heterocycles. The van der Waals surface area contributed by atoms with Crippen molar-refractivity contribution in [3.05, 3.63) is 0 Å². The highest BCUT2D eigenvalue weighted by atomic mass is 19.4. The minimum Gasteiger partial charge on any atom is -0.411 e. The van der Waals surface area contributed by atoms with Crippen LogP contribution in [0.2, 0.25) is 0 Å². The molecule has 0 aromatic rings. The molecule has 1 N–H and O–H groups in total. The molecule has 1 aliphatic carbocycles. The smallest absolute Gasteiger partial charge is 0.411 e. The zero-order valence-corrected chi connectivity index (χ0v) is 6.08. The van der Waals surface area contributed by atoms with Crippen LogP contribution in [-0.2, 0) is 4.74 Å². The van der Waals surface area contributed by atoms with Gasteiger partial charge in [-0.2, -0.15) is 0 Å². The molecule has 0 spiro atoms. The van der Waals surface area contributed by atoms with E-state index in [1.165, 1.54) is 6.21 Å². The van der Waals surface area contributed by atoms with Crippen LogP contribution >= 0.6 is 0 Å². The molecule has 1 fully saturated rings. The van der Waals surface area contributed by atoms with Gasteiger partial charge in [-0.3, -0.25) is 4.74 Å². The van der Waals surface area contributed by atoms with Crippen LogP contribution in [0.3, 0.4) is 0 Å². The number of hydrogen-bond donors (Lipinski definition) is 1. The van der Waals surface area contributed by atoms with Gasteiger partial charge in [0.2, 0.25) is 0 Å². The van der Waals surface area contributed by atoms with Gasteiger partial charge in [0.05, 0.1) is 6.10 Å². The highest BCUT2D eigenvalue weighted by molar-refractivity contribution is 5.61. The van der Waals surface area contributed by atoms with Crippen LogP contribution in [0.4, 0.5) is 13.2 Å². The van der Waals surface area contributed by atoms with Crippen LogP contribution in [0.5, 0.6) is 0 Å². The molecule has 0 amide bonds. The van der Waals surface area contributed by atoms with E-state index in [-0.39, 0.29) is 18.8 Å². The molecular weight excluding hydrogens is 175 g/mol. The van der Waals surface area contributed by atoms with Crippen LogP contribution < -0.4 is 0 Å². The molecule has 0 unspecified atom stereocenters. The lowest BCUT2D eigenvalue weighted by molar-refractivity contribution is -0.352. The van der Waals surface area contributed by atoms with Crippen molar-refractivity contribution in [1.82, 2.24) is 0 Å². The Morgan fingerprint density at radius 1 is 1.42 bits per heavy atom. The summed E-state index contributed by atoms with van der Waals surface area (Å²) >= 11 is 0. The summed E-state index contributed by atoms with van der Waals surface area (Å²) in [6.07, 6.45) is -3.57. The second-order valence-electron chi connectivity index (χ2n) is 2.68. The molecule has 0 saturated heterocycles. The molecule has 0 aromatic carbocycles. The molecule has 1 saturated carbocycles. The van der Waals surface area contributed by atoms with Crippen molar-refractivity contribution >= 4 is 6.21 Å². The topological polar surface area (TPSA) is 41.8 Å². The van der Waals surface area contributed by atoms with Gasteiger partial charge in [0.1, 0.15) is 0 Å². The maximum atomic E-state index is 11.5. The predicted octanol–water partition coefficient (Wildman–Crippen LogP) is 1.76. The molecule has 0 atom stereocenters. The fourth-order valence-electron chi connectivity index (χ4n) is 1.11. The van der Waals surface area contributed by atoms with Gasteiger partial charge in [0.25, 0.3) is 0 Å². The van der Waals surface area contributed by atoms with Crippen molar-refractivity contribution in [2.24, 2.45) is 11.1 Å². The molecule has 0 aliphatic heterocycles. The minimum atomic E-state index is -4.55. The standard InChI is InChI=1S/C6H8F3NO2/c7-6(8,9)12-5-1-4(2-5)3-10-11/h3-5,11H,1-2H2. The van der Waals surface area contributed by atoms with E-state index in [2.05, 4.69) is 9.89 Å². The van der Waals surface area contributed by atoms with Crippen molar-refractivity contribution in [2.45, 2.75) is 25.3 Å². The number of ether oxygens (including phenoxy) is 1. The van der Waals surface area contributed by atoms with E-state index >= 15 is 0 Å². The Bertz CT molecular complexity index is 174. The minimum absolute atomic E-state index is 0.0812. The van der Waals surface area contributed by atoms with E-state index in [0.717, 1.165) is 0 Å². The molecular formula is C6H8F3NO2. The predicted molar refractivity (Wildman–Crippen MR) is 33.9 cm³/mol. The average Bonchev–Trinajstić information content (AvgIpc) is 1.80. The number of nitrogens with zero attached hydrogens (tertiary/aromatic N) is 1. The van der Waals surface area contributed by atoms with Gasteiger partial charge in [-0.1, -0.05) is 0 Å². The number of alkyl halides is 3. The number of rotatable bonds is 2. The van der Waals surface area contributed by atoms with Gasteiger partial charge in [-0.05, 0) is 12.8 Å². The first-order chi connectivity index (χ1) is 5.51. The summed E-state index contributed by atoms with van der Waals surface area (Å²) in [5.41, 5.74) is 0. The molecule has 12 heavy (non-hydrogen) atoms. The fourth-order valence-corrected chi connectivity index (χ4v) is 1.11. The van der Waals surface area contributed by atoms with Gasteiger partial charge < -0.3 is 5.21 Å². The van der Waals surface area contributed by atoms with E-state index in [4.69, 9.17) is 5.21 Å². The SMILES string of the molecule is ON=CC1CC(OC(F)(F)F)C1. The molecule has 0 aromatic heterocycles. The van der Waals surface area contributed by atoms with Gasteiger partial charge in [0, 0.05) is 12.1 Å². The van der Waals surface area contributed by atoms with Gasteiger partial charge in [-0.25, -0.2) is 0 Å². The van der Waals surface area contributed by atoms with Crippen molar-refractivity contribution in [3.8, 4) is 0 Å². The summed E-state index contributed by atoms with van der Waals surface area (Å²) in [6.45, 7) is 0.